The third-order valence-corrected chi connectivity index (χ3v) is 34.3. The largest absolute Gasteiger partial charge is 0.393 e. The van der Waals surface area contributed by atoms with Crippen LogP contribution in [0.4, 0.5) is 4.39 Å². The number of rotatable bonds is 21. The first-order valence-electron chi connectivity index (χ1n) is 44.5. The molecule has 0 heterocycles. The van der Waals surface area contributed by atoms with Gasteiger partial charge in [-0.25, -0.2) is 33.7 Å². The van der Waals surface area contributed by atoms with Crippen molar-refractivity contribution in [2.45, 2.75) is 298 Å². The molecule has 656 valence electrons. The second-order valence-corrected chi connectivity index (χ2v) is 47.6. The SMILES string of the molecule is C=C1CC[C@H](O)C/C1=C/C=C1\CCC[C@]2(C)C(C(C)C/C=C/S(C)(=O)=O)CC[C@@H]12.C=C1CC[C@H](O)C/C1=C/C=C1\CCC[C@]2(C)C([C@H](C)C/C=C(\Cl)S(C)(=O)=O)=CC[C@@H]12.C=C1CC[C@H](O)C/C1=C/C=C1\CCC[C@]2(C)C([C@H](C)C/C=C(\F)S(C)(=O)=O)=CC[C@@H]12.C=C1CC[C@H](O)C/C1=C/C=C1\CCC[C@]2(C)C([C@H](C)CCCS(C)(=O)=O)=CC[C@@H]12. The molecule has 2 unspecified atom stereocenters. The molecule has 9 saturated carbocycles. The second-order valence-electron chi connectivity index (χ2n) is 38.9. The Labute approximate surface area is 718 Å². The molecule has 17 atom stereocenters. The first-order chi connectivity index (χ1) is 55.2. The lowest BCUT2D eigenvalue weighted by Gasteiger charge is -2.44. The van der Waals surface area contributed by atoms with Gasteiger partial charge in [-0.05, 0) is 322 Å². The molecule has 118 heavy (non-hydrogen) atoms. The lowest BCUT2D eigenvalue weighted by Crippen LogP contribution is -2.35. The summed E-state index contributed by atoms with van der Waals surface area (Å²) in [6, 6.07) is 0. The first-order valence-corrected chi connectivity index (χ1v) is 52.7. The highest BCUT2D eigenvalue weighted by atomic mass is 35.5. The van der Waals surface area contributed by atoms with Gasteiger partial charge in [0.1, 0.15) is 14.2 Å². The van der Waals surface area contributed by atoms with Gasteiger partial charge in [0.15, 0.2) is 19.7 Å². The van der Waals surface area contributed by atoms with E-state index in [0.717, 1.165) is 177 Å². The van der Waals surface area contributed by atoms with E-state index in [4.69, 9.17) is 11.6 Å². The third kappa shape index (κ3) is 25.3. The zero-order valence-electron chi connectivity index (χ0n) is 73.7. The molecule has 0 aromatic heterocycles. The van der Waals surface area contributed by atoms with Crippen LogP contribution in [0.3, 0.4) is 0 Å². The van der Waals surface area contributed by atoms with Crippen LogP contribution in [-0.2, 0) is 39.3 Å². The maximum atomic E-state index is 13.8. The molecule has 0 radical (unpaired) electrons. The Morgan fingerprint density at radius 3 is 1.16 bits per heavy atom. The van der Waals surface area contributed by atoms with E-state index in [1.54, 1.807) is 17.2 Å². The van der Waals surface area contributed by atoms with Crippen molar-refractivity contribution in [3.05, 3.63) is 210 Å². The summed E-state index contributed by atoms with van der Waals surface area (Å²) < 4.78 is 105. The molecule has 0 spiro atoms. The molecule has 12 rings (SSSR count). The fraction of sp³-hybridized carbons (Fsp3) is 0.640. The van der Waals surface area contributed by atoms with Gasteiger partial charge in [0.25, 0.3) is 0 Å². The number of hydrogen-bond donors (Lipinski definition) is 4. The lowest BCUT2D eigenvalue weighted by molar-refractivity contribution is 0.0985. The summed E-state index contributed by atoms with van der Waals surface area (Å²) in [6.07, 6.45) is 66.4. The Balaban J connectivity index is 0.000000179. The van der Waals surface area contributed by atoms with Crippen molar-refractivity contribution in [1.29, 1.82) is 0 Å². The fourth-order valence-electron chi connectivity index (χ4n) is 23.2. The maximum absolute atomic E-state index is 13.8. The first kappa shape index (κ1) is 97.0. The summed E-state index contributed by atoms with van der Waals surface area (Å²) in [5.41, 5.74) is 20.5. The molecule has 0 aromatic carbocycles. The predicted molar refractivity (Wildman–Crippen MR) is 490 cm³/mol. The molecule has 0 aliphatic heterocycles. The highest BCUT2D eigenvalue weighted by Crippen LogP contribution is 2.62. The van der Waals surface area contributed by atoms with Crippen LogP contribution in [0.1, 0.15) is 274 Å². The third-order valence-electron chi connectivity index (χ3n) is 29.9. The molecule has 4 N–H and O–H groups in total. The minimum absolute atomic E-state index is 0.0422. The van der Waals surface area contributed by atoms with Gasteiger partial charge in [0.05, 0.1) is 24.4 Å². The quantitative estimate of drug-likeness (QED) is 0.0789. The van der Waals surface area contributed by atoms with E-state index in [2.05, 4.69) is 149 Å². The summed E-state index contributed by atoms with van der Waals surface area (Å²) in [6.45, 7) is 35.1. The van der Waals surface area contributed by atoms with Gasteiger partial charge in [0.2, 0.25) is 15.0 Å². The Bertz CT molecular complexity index is 4510. The van der Waals surface area contributed by atoms with Crippen molar-refractivity contribution in [3.8, 4) is 0 Å². The van der Waals surface area contributed by atoms with Crippen molar-refractivity contribution in [2.75, 3.05) is 30.8 Å². The maximum Gasteiger partial charge on any atom is 0.210 e. The number of halogens is 2. The molecular weight excluding hydrogens is 1580 g/mol. The molecule has 12 nitrogen and oxygen atoms in total. The summed E-state index contributed by atoms with van der Waals surface area (Å²) in [7, 11) is -13.0. The van der Waals surface area contributed by atoms with Crippen LogP contribution >= 0.6 is 11.6 Å². The Hall–Kier alpha value is -4.82. The monoisotopic (exact) mass is 1720 g/mol. The average molecular weight is 1720 g/mol. The van der Waals surface area contributed by atoms with Crippen LogP contribution in [0.25, 0.3) is 0 Å². The smallest absolute Gasteiger partial charge is 0.210 e. The number of aliphatic hydroxyl groups excluding tert-OH is 4. The van der Waals surface area contributed by atoms with Crippen LogP contribution in [0, 0.1) is 74.9 Å². The normalized spacial score (nSPS) is 35.0. The molecule has 12 aliphatic rings. The predicted octanol–water partition coefficient (Wildman–Crippen LogP) is 23.5. The second kappa shape index (κ2) is 41.3. The van der Waals surface area contributed by atoms with Crippen LogP contribution in [-0.4, -0.2) is 109 Å². The zero-order valence-corrected chi connectivity index (χ0v) is 77.7. The van der Waals surface area contributed by atoms with Gasteiger partial charge >= 0.3 is 0 Å². The molecule has 0 amide bonds. The fourth-order valence-corrected chi connectivity index (χ4v) is 25.2. The highest BCUT2D eigenvalue weighted by molar-refractivity contribution is 7.96. The van der Waals surface area contributed by atoms with E-state index in [1.807, 2.05) is 6.08 Å². The van der Waals surface area contributed by atoms with Crippen LogP contribution in [0.2, 0.25) is 0 Å². The summed E-state index contributed by atoms with van der Waals surface area (Å²) in [4.78, 5) is 0. The Morgan fingerprint density at radius 2 is 0.814 bits per heavy atom. The van der Waals surface area contributed by atoms with Gasteiger partial charge < -0.3 is 20.4 Å². The van der Waals surface area contributed by atoms with E-state index in [9.17, 15) is 58.5 Å². The molecular formula is C100H146ClFO12S4. The highest BCUT2D eigenvalue weighted by Gasteiger charge is 2.52. The standard InChI is InChI=1S/C25H35ClO3S.C25H35FO3S.2C25H38O3S/c2*1-17-7-11-21(27)16-20(17)10-9-19-6-5-15-25(3)22(12-13-23(19)25)18(2)8-14-24(26)30(4,28)29;2*1-18-9-12-22(26)17-21(18)11-10-20-8-5-15-25(3)23(13-14-24(20)25)19(2)7-6-16-29(4,27)28/h2*9-10,12,14,18,21,23,27H,1,5-8,11,13,15-16H2,2-4H3;10-11,13,19,22,24,26H,1,5-9,12,14-17H2,2-4H3;6,10-11,16,19,22-24,26H,1,5,7-9,12-15,17H2,2-4H3/b2*19-9+,20-10-,24-14+;20-10+,21-11-;16-6+,20-10+,21-11-/t2*18-,21+,23+,25-;19-,22+,24+,25-;19?,22-,23?,24-,25+/m1110/s1. The summed E-state index contributed by atoms with van der Waals surface area (Å²) in [5.74, 6) is 4.36. The van der Waals surface area contributed by atoms with Crippen molar-refractivity contribution >= 4 is 50.9 Å². The van der Waals surface area contributed by atoms with Crippen molar-refractivity contribution in [2.24, 2.45) is 74.9 Å². The average Bonchev–Trinajstić information content (AvgIpc) is 1.62. The number of allylic oxidation sites excluding steroid dienone is 25. The van der Waals surface area contributed by atoms with E-state index in [1.165, 1.54) is 125 Å². The van der Waals surface area contributed by atoms with E-state index >= 15 is 0 Å². The molecule has 18 heteroatoms. The zero-order chi connectivity index (χ0) is 86.7. The van der Waals surface area contributed by atoms with Crippen molar-refractivity contribution in [3.63, 3.8) is 0 Å². The van der Waals surface area contributed by atoms with Gasteiger partial charge in [-0.2, -0.15) is 4.39 Å². The lowest BCUT2D eigenvalue weighted by atomic mass is 9.61. The van der Waals surface area contributed by atoms with Crippen LogP contribution in [0.15, 0.2) is 210 Å². The molecule has 12 aliphatic carbocycles. The molecule has 0 saturated heterocycles. The number of fused-ring (bicyclic) bond motifs is 4. The molecule has 9 fully saturated rings. The van der Waals surface area contributed by atoms with Crippen molar-refractivity contribution in [1.82, 2.24) is 0 Å². The topological polar surface area (TPSA) is 217 Å². The van der Waals surface area contributed by atoms with Crippen LogP contribution < -0.4 is 0 Å². The van der Waals surface area contributed by atoms with Gasteiger partial charge in [-0.3, -0.25) is 0 Å². The summed E-state index contributed by atoms with van der Waals surface area (Å²) >= 11 is 5.95. The Kier molecular flexibility index (Phi) is 34.0. The summed E-state index contributed by atoms with van der Waals surface area (Å²) in [5, 5.41) is 40.3. The minimum atomic E-state index is -3.76. The van der Waals surface area contributed by atoms with Crippen LogP contribution in [0.5, 0.6) is 0 Å². The minimum Gasteiger partial charge on any atom is -0.393 e. The molecule has 0 aromatic rings. The van der Waals surface area contributed by atoms with Crippen molar-refractivity contribution < 1.29 is 58.5 Å². The van der Waals surface area contributed by atoms with Gasteiger partial charge in [-0.1, -0.05) is 234 Å². The number of hydrogen-bond acceptors (Lipinski definition) is 12. The Morgan fingerprint density at radius 1 is 0.466 bits per heavy atom. The number of aliphatic hydroxyl groups is 4. The van der Waals surface area contributed by atoms with Gasteiger partial charge in [0, 0.05) is 36.2 Å². The van der Waals surface area contributed by atoms with E-state index < -0.39 is 44.5 Å². The van der Waals surface area contributed by atoms with E-state index in [-0.39, 0.29) is 56.9 Å². The number of sulfone groups is 4. The van der Waals surface area contributed by atoms with Gasteiger partial charge in [-0.15, -0.1) is 0 Å². The van der Waals surface area contributed by atoms with E-state index in [0.29, 0.717) is 78.3 Å². The molecule has 0 bridgehead atoms.